The summed E-state index contributed by atoms with van der Waals surface area (Å²) in [5, 5.41) is 15.0. The molecular weight excluding hydrogens is 819 g/mol. The fourth-order valence-electron chi connectivity index (χ4n) is 12.5. The van der Waals surface area contributed by atoms with Crippen molar-refractivity contribution >= 4 is 81.7 Å². The Kier molecular flexibility index (Phi) is 7.77. The van der Waals surface area contributed by atoms with Gasteiger partial charge in [0.15, 0.2) is 0 Å². The Bertz CT molecular complexity index is 4210. The summed E-state index contributed by atoms with van der Waals surface area (Å²) >= 11 is 0. The summed E-state index contributed by atoms with van der Waals surface area (Å²) in [6, 6.07) is 93.7. The number of anilines is 3. The van der Waals surface area contributed by atoms with Gasteiger partial charge in [-0.15, -0.1) is 0 Å². The minimum atomic E-state index is -0.514. The Morgan fingerprint density at radius 2 is 0.691 bits per heavy atom. The van der Waals surface area contributed by atoms with Gasteiger partial charge >= 0.3 is 0 Å². The molecule has 1 nitrogen and oxygen atoms in total. The van der Waals surface area contributed by atoms with Gasteiger partial charge < -0.3 is 4.90 Å². The molecule has 0 saturated heterocycles. The van der Waals surface area contributed by atoms with Gasteiger partial charge in [0, 0.05) is 16.9 Å². The number of nitrogens with zero attached hydrogens (tertiary/aromatic N) is 1. The van der Waals surface area contributed by atoms with Gasteiger partial charge in [-0.2, -0.15) is 0 Å². The largest absolute Gasteiger partial charge is 0.310 e. The lowest BCUT2D eigenvalue weighted by atomic mass is 9.70. The summed E-state index contributed by atoms with van der Waals surface area (Å²) in [5.74, 6) is 0. The van der Waals surface area contributed by atoms with Gasteiger partial charge in [0.1, 0.15) is 0 Å². The summed E-state index contributed by atoms with van der Waals surface area (Å²) in [6.45, 7) is 0. The molecular formula is C67H41N. The van der Waals surface area contributed by atoms with E-state index in [-0.39, 0.29) is 0 Å². The van der Waals surface area contributed by atoms with Gasteiger partial charge in [0.2, 0.25) is 0 Å². The highest BCUT2D eigenvalue weighted by molar-refractivity contribution is 6.26. The third-order valence-electron chi connectivity index (χ3n) is 15.4. The van der Waals surface area contributed by atoms with Crippen LogP contribution < -0.4 is 4.90 Å². The number of hydrogen-bond acceptors (Lipinski definition) is 1. The van der Waals surface area contributed by atoms with E-state index in [4.69, 9.17) is 0 Å². The first kappa shape index (κ1) is 37.4. The van der Waals surface area contributed by atoms with Crippen LogP contribution in [0.1, 0.15) is 22.3 Å². The van der Waals surface area contributed by atoms with E-state index in [1.807, 2.05) is 0 Å². The minimum absolute atomic E-state index is 0.514. The molecule has 68 heavy (non-hydrogen) atoms. The summed E-state index contributed by atoms with van der Waals surface area (Å²) in [4.78, 5) is 2.56. The van der Waals surface area contributed by atoms with Crippen molar-refractivity contribution in [3.8, 4) is 33.4 Å². The van der Waals surface area contributed by atoms with Crippen LogP contribution in [0, 0.1) is 0 Å². The van der Waals surface area contributed by atoms with Crippen LogP contribution in [-0.4, -0.2) is 0 Å². The van der Waals surface area contributed by atoms with E-state index in [1.165, 1.54) is 120 Å². The summed E-state index contributed by atoms with van der Waals surface area (Å²) in [5.41, 5.74) is 15.7. The third kappa shape index (κ3) is 5.11. The number of hydrogen-bond donors (Lipinski definition) is 0. The average molecular weight is 860 g/mol. The molecule has 0 heterocycles. The lowest BCUT2D eigenvalue weighted by Crippen LogP contribution is -2.26. The van der Waals surface area contributed by atoms with Crippen LogP contribution in [0.4, 0.5) is 17.1 Å². The highest BCUT2D eigenvalue weighted by atomic mass is 15.1. The monoisotopic (exact) mass is 859 g/mol. The smallest absolute Gasteiger partial charge is 0.0726 e. The van der Waals surface area contributed by atoms with Crippen molar-refractivity contribution in [1.29, 1.82) is 0 Å². The van der Waals surface area contributed by atoms with Crippen LogP contribution in [0.25, 0.3) is 98.0 Å². The maximum atomic E-state index is 2.58. The van der Waals surface area contributed by atoms with Crippen molar-refractivity contribution in [3.05, 3.63) is 271 Å². The van der Waals surface area contributed by atoms with E-state index in [1.54, 1.807) is 0 Å². The highest BCUT2D eigenvalue weighted by Gasteiger charge is 2.52. The number of fused-ring (bicyclic) bond motifs is 20. The van der Waals surface area contributed by atoms with Gasteiger partial charge in [-0.3, -0.25) is 0 Å². The Morgan fingerprint density at radius 1 is 0.235 bits per heavy atom. The van der Waals surface area contributed by atoms with Crippen LogP contribution in [0.2, 0.25) is 0 Å². The predicted octanol–water partition coefficient (Wildman–Crippen LogP) is 18.1. The molecule has 15 rings (SSSR count). The van der Waals surface area contributed by atoms with Crippen molar-refractivity contribution in [2.24, 2.45) is 0 Å². The van der Waals surface area contributed by atoms with E-state index < -0.39 is 5.41 Å². The Balaban J connectivity index is 1.10. The summed E-state index contributed by atoms with van der Waals surface area (Å²) in [6.07, 6.45) is 0. The second kappa shape index (κ2) is 14.1. The molecule has 13 aromatic carbocycles. The van der Waals surface area contributed by atoms with Crippen LogP contribution >= 0.6 is 0 Å². The summed E-state index contributed by atoms with van der Waals surface area (Å²) < 4.78 is 0. The molecule has 0 fully saturated rings. The van der Waals surface area contributed by atoms with Crippen molar-refractivity contribution in [2.45, 2.75) is 5.41 Å². The van der Waals surface area contributed by atoms with Gasteiger partial charge in [-0.1, -0.05) is 206 Å². The zero-order chi connectivity index (χ0) is 44.5. The van der Waals surface area contributed by atoms with Gasteiger partial charge in [-0.05, 0) is 157 Å². The molecule has 1 heteroatoms. The van der Waals surface area contributed by atoms with Crippen molar-refractivity contribution in [2.75, 3.05) is 4.90 Å². The molecule has 0 saturated carbocycles. The molecule has 2 aliphatic rings. The maximum Gasteiger partial charge on any atom is 0.0726 e. The number of rotatable bonds is 4. The molecule has 1 spiro atoms. The van der Waals surface area contributed by atoms with E-state index in [9.17, 15) is 0 Å². The molecule has 0 radical (unpaired) electrons. The van der Waals surface area contributed by atoms with Gasteiger partial charge in [0.05, 0.1) is 11.1 Å². The second-order valence-electron chi connectivity index (χ2n) is 18.7. The molecule has 0 bridgehead atoms. The quantitative estimate of drug-likeness (QED) is 0.159. The van der Waals surface area contributed by atoms with Gasteiger partial charge in [-0.25, -0.2) is 0 Å². The van der Waals surface area contributed by atoms with E-state index >= 15 is 0 Å². The second-order valence-corrected chi connectivity index (χ2v) is 18.7. The molecule has 2 aliphatic carbocycles. The summed E-state index contributed by atoms with van der Waals surface area (Å²) in [7, 11) is 0. The van der Waals surface area contributed by atoms with E-state index in [2.05, 4.69) is 254 Å². The molecule has 0 amide bonds. The number of benzene rings is 13. The Labute approximate surface area is 394 Å². The minimum Gasteiger partial charge on any atom is -0.310 e. The fourth-order valence-corrected chi connectivity index (χ4v) is 12.5. The topological polar surface area (TPSA) is 3.24 Å². The lowest BCUT2D eigenvalue weighted by molar-refractivity contribution is 0.794. The first-order valence-electron chi connectivity index (χ1n) is 23.7. The van der Waals surface area contributed by atoms with Crippen LogP contribution in [0.15, 0.2) is 249 Å². The first-order chi connectivity index (χ1) is 33.7. The normalized spacial score (nSPS) is 13.1. The van der Waals surface area contributed by atoms with E-state index in [0.717, 1.165) is 17.1 Å². The molecule has 0 unspecified atom stereocenters. The molecule has 0 atom stereocenters. The first-order valence-corrected chi connectivity index (χ1v) is 23.7. The van der Waals surface area contributed by atoms with Crippen molar-refractivity contribution in [3.63, 3.8) is 0 Å². The predicted molar refractivity (Wildman–Crippen MR) is 288 cm³/mol. The van der Waals surface area contributed by atoms with Crippen LogP contribution in [-0.2, 0) is 5.41 Å². The zero-order valence-electron chi connectivity index (χ0n) is 37.1. The fraction of sp³-hybridized carbons (Fsp3) is 0.0149. The van der Waals surface area contributed by atoms with Crippen molar-refractivity contribution < 1.29 is 0 Å². The molecule has 314 valence electrons. The third-order valence-corrected chi connectivity index (χ3v) is 15.4. The Hall–Kier alpha value is -8.78. The highest BCUT2D eigenvalue weighted by Crippen LogP contribution is 2.64. The molecule has 0 N–H and O–H groups in total. The average Bonchev–Trinajstić information content (AvgIpc) is 3.87. The molecule has 0 aliphatic heterocycles. The standard InChI is InChI=1S/C67H41N/c1-2-17-45-37-47(34-33-42(45)15-1)68(48-35-36-54-52-21-6-5-19-50(52)51-20-7-8-22-53(51)60(54)39-48)66-41-65-61(40-59(66)46-32-31-44-30-29-43-16-3-4-18-49(43)58(44)38-46)57-25-11-14-28-64(57)67(65)62-26-12-9-23-55(62)56-24-10-13-27-63(56)67/h1-41H. The molecule has 13 aromatic rings. The molecule has 0 aromatic heterocycles. The zero-order valence-corrected chi connectivity index (χ0v) is 37.1. The lowest BCUT2D eigenvalue weighted by Gasteiger charge is -2.33. The van der Waals surface area contributed by atoms with Crippen molar-refractivity contribution in [1.82, 2.24) is 0 Å². The SMILES string of the molecule is c1ccc2c(c1)-c1ccccc1C21c2ccccc2-c2cc(-c3ccc4ccc5ccccc5c4c3)c(N(c3ccc4ccccc4c3)c3ccc4c5ccccc5c5ccccc5c4c3)cc21. The maximum absolute atomic E-state index is 2.58. The van der Waals surface area contributed by atoms with E-state index in [0.29, 0.717) is 0 Å². The van der Waals surface area contributed by atoms with Gasteiger partial charge in [0.25, 0.3) is 0 Å². The van der Waals surface area contributed by atoms with Crippen LogP contribution in [0.3, 0.4) is 0 Å². The van der Waals surface area contributed by atoms with Crippen LogP contribution in [0.5, 0.6) is 0 Å². The Morgan fingerprint density at radius 3 is 1.35 bits per heavy atom.